The second-order valence-electron chi connectivity index (χ2n) is 4.37. The van der Waals surface area contributed by atoms with Crippen LogP contribution in [0.4, 0.5) is 5.82 Å². The first-order valence-corrected chi connectivity index (χ1v) is 6.87. The third-order valence-corrected chi connectivity index (χ3v) is 2.99. The smallest absolute Gasteiger partial charge is 0.220 e. The van der Waals surface area contributed by atoms with Gasteiger partial charge in [-0.05, 0) is 38.4 Å². The summed E-state index contributed by atoms with van der Waals surface area (Å²) in [6, 6.07) is 4.00. The second-order valence-corrected chi connectivity index (χ2v) is 4.37. The Morgan fingerprint density at radius 1 is 1.37 bits per heavy atom. The van der Waals surface area contributed by atoms with Gasteiger partial charge in [-0.25, -0.2) is 4.98 Å². The zero-order valence-electron chi connectivity index (χ0n) is 11.9. The molecule has 19 heavy (non-hydrogen) atoms. The number of aromatic nitrogens is 1. The van der Waals surface area contributed by atoms with Gasteiger partial charge in [0.2, 0.25) is 5.91 Å². The van der Waals surface area contributed by atoms with Crippen LogP contribution < -0.4 is 16.0 Å². The van der Waals surface area contributed by atoms with Gasteiger partial charge in [0.1, 0.15) is 5.82 Å². The Balaban J connectivity index is 2.46. The molecular formula is C14H24N4O. The quantitative estimate of drug-likeness (QED) is 0.742. The predicted octanol–water partition coefficient (Wildman–Crippen LogP) is 1.28. The molecule has 1 rings (SSSR count). The second kappa shape index (κ2) is 8.48. The molecule has 5 heteroatoms. The lowest BCUT2D eigenvalue weighted by Gasteiger charge is -2.19. The fraction of sp³-hybridized carbons (Fsp3) is 0.571. The molecule has 0 unspecified atom stereocenters. The van der Waals surface area contributed by atoms with E-state index in [1.807, 2.05) is 18.3 Å². The Morgan fingerprint density at radius 2 is 2.11 bits per heavy atom. The Bertz CT molecular complexity index is 374. The largest absolute Gasteiger partial charge is 0.357 e. The summed E-state index contributed by atoms with van der Waals surface area (Å²) in [6.07, 6.45) is 3.03. The van der Waals surface area contributed by atoms with E-state index >= 15 is 0 Å². The summed E-state index contributed by atoms with van der Waals surface area (Å²) in [5.74, 6) is 1.02. The molecule has 0 spiro atoms. The molecule has 0 saturated heterocycles. The number of hydrogen-bond acceptors (Lipinski definition) is 4. The number of nitrogens with one attached hydrogen (secondary N) is 1. The summed E-state index contributed by atoms with van der Waals surface area (Å²) in [5, 5.41) is 2.86. The molecule has 0 aliphatic heterocycles. The summed E-state index contributed by atoms with van der Waals surface area (Å²) < 4.78 is 0. The monoisotopic (exact) mass is 264 g/mol. The zero-order valence-corrected chi connectivity index (χ0v) is 11.9. The maximum Gasteiger partial charge on any atom is 0.220 e. The third kappa shape index (κ3) is 5.26. The highest BCUT2D eigenvalue weighted by Gasteiger charge is 2.04. The SMILES string of the molecule is CCN(CC)c1ccc(CNC(=O)CCCN)cn1. The Hall–Kier alpha value is -1.62. The molecule has 1 amide bonds. The van der Waals surface area contributed by atoms with Crippen LogP contribution in [-0.4, -0.2) is 30.5 Å². The van der Waals surface area contributed by atoms with E-state index in [2.05, 4.69) is 29.0 Å². The minimum atomic E-state index is 0.0401. The Morgan fingerprint density at radius 3 is 2.63 bits per heavy atom. The summed E-state index contributed by atoms with van der Waals surface area (Å²) in [4.78, 5) is 18.0. The fourth-order valence-corrected chi connectivity index (χ4v) is 1.81. The molecular weight excluding hydrogens is 240 g/mol. The van der Waals surface area contributed by atoms with Gasteiger partial charge in [-0.1, -0.05) is 6.07 Å². The standard InChI is InChI=1S/C14H24N4O/c1-3-18(4-2)13-8-7-12(10-16-13)11-17-14(19)6-5-9-15/h7-8,10H,3-6,9,11,15H2,1-2H3,(H,17,19). The van der Waals surface area contributed by atoms with Crippen LogP contribution >= 0.6 is 0 Å². The topological polar surface area (TPSA) is 71.2 Å². The number of amides is 1. The molecule has 1 heterocycles. The van der Waals surface area contributed by atoms with Crippen LogP contribution in [0.15, 0.2) is 18.3 Å². The number of rotatable bonds is 8. The number of nitrogens with zero attached hydrogens (tertiary/aromatic N) is 2. The van der Waals surface area contributed by atoms with Crippen LogP contribution in [0.2, 0.25) is 0 Å². The van der Waals surface area contributed by atoms with Crippen LogP contribution in [0.3, 0.4) is 0 Å². The van der Waals surface area contributed by atoms with E-state index in [0.29, 0.717) is 19.5 Å². The highest BCUT2D eigenvalue weighted by atomic mass is 16.1. The minimum absolute atomic E-state index is 0.0401. The summed E-state index contributed by atoms with van der Waals surface area (Å²) in [5.41, 5.74) is 6.37. The lowest BCUT2D eigenvalue weighted by Crippen LogP contribution is -2.24. The molecule has 0 aliphatic rings. The molecule has 0 aliphatic carbocycles. The van der Waals surface area contributed by atoms with Crippen molar-refractivity contribution in [1.29, 1.82) is 0 Å². The molecule has 5 nitrogen and oxygen atoms in total. The van der Waals surface area contributed by atoms with E-state index in [-0.39, 0.29) is 5.91 Å². The lowest BCUT2D eigenvalue weighted by atomic mass is 10.2. The summed E-state index contributed by atoms with van der Waals surface area (Å²) >= 11 is 0. The van der Waals surface area contributed by atoms with Crippen molar-refractivity contribution in [3.05, 3.63) is 23.9 Å². The van der Waals surface area contributed by atoms with Crippen LogP contribution in [0, 0.1) is 0 Å². The zero-order chi connectivity index (χ0) is 14.1. The molecule has 0 aromatic carbocycles. The minimum Gasteiger partial charge on any atom is -0.357 e. The van der Waals surface area contributed by atoms with Gasteiger partial charge in [-0.2, -0.15) is 0 Å². The highest BCUT2D eigenvalue weighted by Crippen LogP contribution is 2.10. The Kier molecular flexibility index (Phi) is 6.89. The van der Waals surface area contributed by atoms with Crippen molar-refractivity contribution in [2.24, 2.45) is 5.73 Å². The fourth-order valence-electron chi connectivity index (χ4n) is 1.81. The number of pyridine rings is 1. The number of carbonyl (C=O) groups excluding carboxylic acids is 1. The van der Waals surface area contributed by atoms with E-state index < -0.39 is 0 Å². The first-order chi connectivity index (χ1) is 9.21. The number of anilines is 1. The van der Waals surface area contributed by atoms with E-state index in [0.717, 1.165) is 30.9 Å². The van der Waals surface area contributed by atoms with Crippen molar-refractivity contribution in [2.45, 2.75) is 33.2 Å². The maximum absolute atomic E-state index is 11.4. The van der Waals surface area contributed by atoms with E-state index in [4.69, 9.17) is 5.73 Å². The van der Waals surface area contributed by atoms with Crippen molar-refractivity contribution in [3.8, 4) is 0 Å². The van der Waals surface area contributed by atoms with Crippen molar-refractivity contribution in [3.63, 3.8) is 0 Å². The molecule has 3 N–H and O–H groups in total. The van der Waals surface area contributed by atoms with Crippen LogP contribution in [0.5, 0.6) is 0 Å². The first-order valence-electron chi connectivity index (χ1n) is 6.87. The molecule has 106 valence electrons. The van der Waals surface area contributed by atoms with Crippen LogP contribution in [0.25, 0.3) is 0 Å². The molecule has 0 atom stereocenters. The average Bonchev–Trinajstić information content (AvgIpc) is 2.45. The molecule has 1 aromatic rings. The van der Waals surface area contributed by atoms with Gasteiger partial charge in [-0.3, -0.25) is 4.79 Å². The number of nitrogens with two attached hydrogens (primary N) is 1. The van der Waals surface area contributed by atoms with Gasteiger partial charge in [-0.15, -0.1) is 0 Å². The van der Waals surface area contributed by atoms with Crippen molar-refractivity contribution in [2.75, 3.05) is 24.5 Å². The normalized spacial score (nSPS) is 10.3. The summed E-state index contributed by atoms with van der Waals surface area (Å²) in [6.45, 7) is 7.17. The average molecular weight is 264 g/mol. The van der Waals surface area contributed by atoms with Crippen LogP contribution in [0.1, 0.15) is 32.3 Å². The molecule has 1 aromatic heterocycles. The third-order valence-electron chi connectivity index (χ3n) is 2.99. The van der Waals surface area contributed by atoms with Gasteiger partial charge in [0.05, 0.1) is 0 Å². The van der Waals surface area contributed by atoms with Crippen molar-refractivity contribution < 1.29 is 4.79 Å². The van der Waals surface area contributed by atoms with Crippen LogP contribution in [-0.2, 0) is 11.3 Å². The van der Waals surface area contributed by atoms with Gasteiger partial charge >= 0.3 is 0 Å². The summed E-state index contributed by atoms with van der Waals surface area (Å²) in [7, 11) is 0. The van der Waals surface area contributed by atoms with Gasteiger partial charge in [0, 0.05) is 32.3 Å². The van der Waals surface area contributed by atoms with E-state index in [1.165, 1.54) is 0 Å². The van der Waals surface area contributed by atoms with Gasteiger partial charge < -0.3 is 16.0 Å². The van der Waals surface area contributed by atoms with Crippen molar-refractivity contribution in [1.82, 2.24) is 10.3 Å². The van der Waals surface area contributed by atoms with E-state index in [9.17, 15) is 4.79 Å². The van der Waals surface area contributed by atoms with E-state index in [1.54, 1.807) is 0 Å². The number of carbonyl (C=O) groups is 1. The lowest BCUT2D eigenvalue weighted by molar-refractivity contribution is -0.121. The molecule has 0 fully saturated rings. The first kappa shape index (κ1) is 15.4. The predicted molar refractivity (Wildman–Crippen MR) is 77.9 cm³/mol. The maximum atomic E-state index is 11.4. The molecule has 0 radical (unpaired) electrons. The van der Waals surface area contributed by atoms with Crippen molar-refractivity contribution >= 4 is 11.7 Å². The molecule has 0 saturated carbocycles. The highest BCUT2D eigenvalue weighted by molar-refractivity contribution is 5.75. The molecule has 0 bridgehead atoms. The number of hydrogen-bond donors (Lipinski definition) is 2. The van der Waals surface area contributed by atoms with Gasteiger partial charge in [0.15, 0.2) is 0 Å². The Labute approximate surface area is 115 Å². The van der Waals surface area contributed by atoms with Gasteiger partial charge in [0.25, 0.3) is 0 Å².